The zero-order chi connectivity index (χ0) is 17.1. The number of nitrogens with zero attached hydrogens (tertiary/aromatic N) is 4. The average Bonchev–Trinajstić information content (AvgIpc) is 3.12. The Hall–Kier alpha value is -1.79. The summed E-state index contributed by atoms with van der Waals surface area (Å²) in [5.41, 5.74) is 1.51. The quantitative estimate of drug-likeness (QED) is 0.922. The van der Waals surface area contributed by atoms with E-state index in [0.29, 0.717) is 29.7 Å². The summed E-state index contributed by atoms with van der Waals surface area (Å²) >= 11 is 0. The van der Waals surface area contributed by atoms with E-state index in [2.05, 4.69) is 32.4 Å². The predicted octanol–water partition coefficient (Wildman–Crippen LogP) is 2.88. The van der Waals surface area contributed by atoms with Gasteiger partial charge in [0.1, 0.15) is 0 Å². The average molecular weight is 341 g/mol. The molecule has 1 saturated heterocycles. The molecule has 6 heteroatoms. The van der Waals surface area contributed by atoms with E-state index < -0.39 is 0 Å². The highest BCUT2D eigenvalue weighted by molar-refractivity contribution is 5.51. The van der Waals surface area contributed by atoms with Gasteiger partial charge in [-0.15, -0.1) is 0 Å². The van der Waals surface area contributed by atoms with Crippen molar-refractivity contribution in [2.45, 2.75) is 51.1 Å². The first-order valence-electron chi connectivity index (χ1n) is 9.38. The van der Waals surface area contributed by atoms with E-state index in [1.807, 2.05) is 12.1 Å². The van der Waals surface area contributed by atoms with Gasteiger partial charge in [0, 0.05) is 24.0 Å². The first-order chi connectivity index (χ1) is 12.2. The van der Waals surface area contributed by atoms with Crippen molar-refractivity contribution in [2.75, 3.05) is 20.1 Å². The zero-order valence-corrected chi connectivity index (χ0v) is 14.9. The van der Waals surface area contributed by atoms with Crippen LogP contribution in [-0.4, -0.2) is 46.2 Å². The second-order valence-corrected chi connectivity index (χ2v) is 7.65. The number of aromatic nitrogens is 3. The molecule has 0 unspecified atom stereocenters. The topological polar surface area (TPSA) is 67.1 Å². The number of nitrogens with one attached hydrogen (secondary N) is 1. The van der Waals surface area contributed by atoms with Crippen molar-refractivity contribution in [3.8, 4) is 11.4 Å². The lowest BCUT2D eigenvalue weighted by Crippen LogP contribution is -2.43. The van der Waals surface area contributed by atoms with Gasteiger partial charge in [-0.3, -0.25) is 9.88 Å². The van der Waals surface area contributed by atoms with Crippen molar-refractivity contribution >= 4 is 0 Å². The van der Waals surface area contributed by atoms with E-state index in [1.54, 1.807) is 12.4 Å². The first kappa shape index (κ1) is 16.7. The minimum absolute atomic E-state index is 0.612. The monoisotopic (exact) mass is 341 g/mol. The van der Waals surface area contributed by atoms with Crippen LogP contribution in [0.25, 0.3) is 11.4 Å². The van der Waals surface area contributed by atoms with E-state index in [4.69, 9.17) is 4.52 Å². The van der Waals surface area contributed by atoms with Gasteiger partial charge >= 0.3 is 0 Å². The lowest BCUT2D eigenvalue weighted by atomic mass is 9.67. The molecule has 6 nitrogen and oxygen atoms in total. The molecule has 1 saturated carbocycles. The molecule has 0 bridgehead atoms. The minimum Gasteiger partial charge on any atom is -0.338 e. The number of hydrogen-bond acceptors (Lipinski definition) is 6. The van der Waals surface area contributed by atoms with Crippen LogP contribution in [0.2, 0.25) is 0 Å². The summed E-state index contributed by atoms with van der Waals surface area (Å²) in [5, 5.41) is 7.59. The molecular weight excluding hydrogens is 314 g/mol. The van der Waals surface area contributed by atoms with Gasteiger partial charge in [-0.1, -0.05) is 5.16 Å². The van der Waals surface area contributed by atoms with Crippen LogP contribution in [0.4, 0.5) is 0 Å². The number of piperidine rings is 1. The molecule has 2 aliphatic rings. The van der Waals surface area contributed by atoms with Gasteiger partial charge in [0.05, 0.1) is 6.54 Å². The fraction of sp³-hybridized carbons (Fsp3) is 0.632. The third kappa shape index (κ3) is 3.75. The molecule has 0 radical (unpaired) electrons. The Morgan fingerprint density at radius 2 is 2.04 bits per heavy atom. The van der Waals surface area contributed by atoms with Crippen LogP contribution in [0.3, 0.4) is 0 Å². The Kier molecular flexibility index (Phi) is 4.81. The molecule has 3 heterocycles. The van der Waals surface area contributed by atoms with Crippen molar-refractivity contribution in [2.24, 2.45) is 5.41 Å². The highest BCUT2D eigenvalue weighted by Crippen LogP contribution is 2.44. The summed E-state index contributed by atoms with van der Waals surface area (Å²) in [4.78, 5) is 11.0. The van der Waals surface area contributed by atoms with Crippen LogP contribution >= 0.6 is 0 Å². The highest BCUT2D eigenvalue weighted by atomic mass is 16.5. The highest BCUT2D eigenvalue weighted by Gasteiger charge is 2.37. The van der Waals surface area contributed by atoms with E-state index in [1.165, 1.54) is 51.6 Å². The van der Waals surface area contributed by atoms with Gasteiger partial charge in [-0.05, 0) is 76.2 Å². The molecule has 1 spiro atoms. The second-order valence-electron chi connectivity index (χ2n) is 7.65. The number of pyridine rings is 1. The van der Waals surface area contributed by atoms with Crippen molar-refractivity contribution < 1.29 is 4.52 Å². The molecular formula is C19H27N5O. The lowest BCUT2D eigenvalue weighted by Gasteiger charge is -2.45. The summed E-state index contributed by atoms with van der Waals surface area (Å²) in [6.07, 6.45) is 11.5. The molecule has 25 heavy (non-hydrogen) atoms. The summed E-state index contributed by atoms with van der Waals surface area (Å²) in [6, 6.07) is 4.45. The Labute approximate surface area is 149 Å². The molecule has 1 aliphatic carbocycles. The molecule has 4 rings (SSSR count). The van der Waals surface area contributed by atoms with Crippen LogP contribution in [-0.2, 0) is 6.54 Å². The predicted molar refractivity (Wildman–Crippen MR) is 95.8 cm³/mol. The molecule has 0 aromatic carbocycles. The van der Waals surface area contributed by atoms with E-state index in [0.717, 1.165) is 5.56 Å². The third-order valence-electron chi connectivity index (χ3n) is 6.08. The Morgan fingerprint density at radius 1 is 1.24 bits per heavy atom. The zero-order valence-electron chi connectivity index (χ0n) is 14.9. The van der Waals surface area contributed by atoms with Gasteiger partial charge in [-0.2, -0.15) is 4.98 Å². The normalized spacial score (nSPS) is 21.0. The van der Waals surface area contributed by atoms with Crippen LogP contribution in [0.15, 0.2) is 29.0 Å². The van der Waals surface area contributed by atoms with E-state index in [9.17, 15) is 0 Å². The summed E-state index contributed by atoms with van der Waals surface area (Å²) in [5.74, 6) is 1.30. The van der Waals surface area contributed by atoms with Crippen molar-refractivity contribution in [3.05, 3.63) is 30.4 Å². The maximum atomic E-state index is 5.45. The number of rotatable bonds is 4. The van der Waals surface area contributed by atoms with Gasteiger partial charge in [0.2, 0.25) is 11.7 Å². The van der Waals surface area contributed by atoms with Crippen LogP contribution in [0, 0.1) is 5.41 Å². The summed E-state index contributed by atoms with van der Waals surface area (Å²) < 4.78 is 5.45. The number of hydrogen-bond donors (Lipinski definition) is 1. The van der Waals surface area contributed by atoms with Crippen molar-refractivity contribution in [1.82, 2.24) is 25.3 Å². The van der Waals surface area contributed by atoms with Gasteiger partial charge in [0.15, 0.2) is 0 Å². The van der Waals surface area contributed by atoms with Crippen molar-refractivity contribution in [1.29, 1.82) is 0 Å². The minimum atomic E-state index is 0.612. The van der Waals surface area contributed by atoms with Crippen LogP contribution in [0.1, 0.15) is 44.4 Å². The smallest absolute Gasteiger partial charge is 0.241 e. The second kappa shape index (κ2) is 7.22. The largest absolute Gasteiger partial charge is 0.338 e. The Balaban J connectivity index is 1.33. The van der Waals surface area contributed by atoms with E-state index in [-0.39, 0.29) is 0 Å². The summed E-state index contributed by atoms with van der Waals surface area (Å²) in [6.45, 7) is 3.10. The molecule has 2 aromatic heterocycles. The molecule has 1 aliphatic heterocycles. The fourth-order valence-corrected chi connectivity index (χ4v) is 4.39. The first-order valence-corrected chi connectivity index (χ1v) is 9.38. The molecule has 1 N–H and O–H groups in total. The molecule has 0 atom stereocenters. The summed E-state index contributed by atoms with van der Waals surface area (Å²) in [7, 11) is 2.18. The van der Waals surface area contributed by atoms with Gasteiger partial charge in [-0.25, -0.2) is 0 Å². The lowest BCUT2D eigenvalue weighted by molar-refractivity contribution is 0.0697. The Bertz CT molecular complexity index is 670. The molecule has 2 aromatic rings. The van der Waals surface area contributed by atoms with Crippen LogP contribution in [0.5, 0.6) is 0 Å². The van der Waals surface area contributed by atoms with Crippen molar-refractivity contribution in [3.63, 3.8) is 0 Å². The molecule has 2 fully saturated rings. The fourth-order valence-electron chi connectivity index (χ4n) is 4.39. The standard InChI is InChI=1S/C19H27N5O/c1-24(16-4-6-19(7-5-16)8-11-20-12-9-19)14-17-22-18(23-25-17)15-3-2-10-21-13-15/h2-3,10,13,16,20H,4-9,11-12,14H2,1H3. The molecule has 0 amide bonds. The SMILES string of the molecule is CN(Cc1nc(-c2cccnc2)no1)C1CCC2(CCNCC2)CC1. The van der Waals surface area contributed by atoms with Gasteiger partial charge in [0.25, 0.3) is 0 Å². The maximum Gasteiger partial charge on any atom is 0.241 e. The van der Waals surface area contributed by atoms with Gasteiger partial charge < -0.3 is 9.84 Å². The van der Waals surface area contributed by atoms with E-state index >= 15 is 0 Å². The van der Waals surface area contributed by atoms with Crippen LogP contribution < -0.4 is 5.32 Å². The third-order valence-corrected chi connectivity index (χ3v) is 6.08. The maximum absolute atomic E-state index is 5.45. The Morgan fingerprint density at radius 3 is 2.76 bits per heavy atom. The molecule has 134 valence electrons.